The van der Waals surface area contributed by atoms with E-state index in [4.69, 9.17) is 5.73 Å². The summed E-state index contributed by atoms with van der Waals surface area (Å²) >= 11 is 1.44. The Morgan fingerprint density at radius 2 is 1.96 bits per heavy atom. The Morgan fingerprint density at radius 1 is 1.22 bits per heavy atom. The quantitative estimate of drug-likeness (QED) is 0.849. The average Bonchev–Trinajstić information content (AvgIpc) is 3.15. The Kier molecular flexibility index (Phi) is 4.52. The zero-order valence-electron chi connectivity index (χ0n) is 15.6. The van der Waals surface area contributed by atoms with E-state index in [-0.39, 0.29) is 23.5 Å². The molecule has 0 saturated carbocycles. The number of rotatable bonds is 4. The third kappa shape index (κ3) is 2.86. The minimum Gasteiger partial charge on any atom is -0.342 e. The van der Waals surface area contributed by atoms with Crippen LogP contribution in [0.25, 0.3) is 0 Å². The lowest BCUT2D eigenvalue weighted by molar-refractivity contribution is -0.117. The van der Waals surface area contributed by atoms with E-state index in [2.05, 4.69) is 36.5 Å². The summed E-state index contributed by atoms with van der Waals surface area (Å²) in [6.07, 6.45) is 4.47. The molecule has 0 bridgehead atoms. The van der Waals surface area contributed by atoms with Crippen molar-refractivity contribution >= 4 is 23.0 Å². The first-order valence-electron chi connectivity index (χ1n) is 9.41. The topological polar surface area (TPSA) is 72.2 Å². The van der Waals surface area contributed by atoms with Crippen LogP contribution in [0.1, 0.15) is 64.4 Å². The minimum absolute atomic E-state index is 0.0550. The Morgan fingerprint density at radius 3 is 2.63 bits per heavy atom. The largest absolute Gasteiger partial charge is 0.342 e. The summed E-state index contributed by atoms with van der Waals surface area (Å²) in [7, 11) is 0. The molecule has 27 heavy (non-hydrogen) atoms. The molecule has 1 aromatic heterocycles. The Labute approximate surface area is 163 Å². The monoisotopic (exact) mass is 380 g/mol. The van der Waals surface area contributed by atoms with Crippen molar-refractivity contribution in [1.82, 2.24) is 5.32 Å². The van der Waals surface area contributed by atoms with Gasteiger partial charge in [-0.2, -0.15) is 0 Å². The molecule has 4 atom stereocenters. The lowest BCUT2D eigenvalue weighted by atomic mass is 9.64. The van der Waals surface area contributed by atoms with E-state index in [1.807, 2.05) is 24.4 Å². The van der Waals surface area contributed by atoms with Gasteiger partial charge < -0.3 is 11.1 Å². The second-order valence-electron chi connectivity index (χ2n) is 7.64. The fourth-order valence-corrected chi connectivity index (χ4v) is 5.36. The molecule has 0 radical (unpaired) electrons. The Hall–Kier alpha value is -2.24. The van der Waals surface area contributed by atoms with Crippen molar-refractivity contribution < 1.29 is 9.59 Å². The predicted molar refractivity (Wildman–Crippen MR) is 108 cm³/mol. The first kappa shape index (κ1) is 18.1. The molecule has 1 amide bonds. The van der Waals surface area contributed by atoms with E-state index < -0.39 is 5.54 Å². The molecule has 2 aromatic rings. The maximum atomic E-state index is 12.9. The zero-order valence-corrected chi connectivity index (χ0v) is 16.4. The molecule has 1 aromatic carbocycles. The van der Waals surface area contributed by atoms with E-state index >= 15 is 0 Å². The molecule has 4 nitrogen and oxygen atoms in total. The number of thiophene rings is 1. The number of amides is 1. The van der Waals surface area contributed by atoms with Crippen molar-refractivity contribution in [1.29, 1.82) is 0 Å². The standard InChI is InChI=1S/C22H24N2O2S/c1-3-13(12-23)14-4-6-15(7-5-14)18-17(25)8-10-22(2)19(18)16-9-11-27-20(16)21(26)24-22/h4-11,13,18-19H,3,12,23H2,1-2H3,(H,24,26). The second kappa shape index (κ2) is 6.73. The second-order valence-corrected chi connectivity index (χ2v) is 8.56. The highest BCUT2D eigenvalue weighted by Crippen LogP contribution is 2.49. The molecule has 0 fully saturated rings. The number of ketones is 1. The molecule has 2 aliphatic rings. The predicted octanol–water partition coefficient (Wildman–Crippen LogP) is 3.71. The number of hydrogen-bond acceptors (Lipinski definition) is 4. The number of nitrogens with one attached hydrogen (secondary N) is 1. The highest BCUT2D eigenvalue weighted by Gasteiger charge is 2.50. The molecule has 2 heterocycles. The number of carbonyl (C=O) groups is 2. The van der Waals surface area contributed by atoms with Gasteiger partial charge in [0, 0.05) is 5.92 Å². The normalized spacial score (nSPS) is 27.7. The average molecular weight is 381 g/mol. The van der Waals surface area contributed by atoms with Crippen molar-refractivity contribution in [3.63, 3.8) is 0 Å². The van der Waals surface area contributed by atoms with Gasteiger partial charge in [0.25, 0.3) is 5.91 Å². The summed E-state index contributed by atoms with van der Waals surface area (Å²) in [5, 5.41) is 5.06. The summed E-state index contributed by atoms with van der Waals surface area (Å²) in [5.74, 6) is -0.0362. The third-order valence-electron chi connectivity index (χ3n) is 6.04. The van der Waals surface area contributed by atoms with E-state index in [0.29, 0.717) is 12.5 Å². The van der Waals surface area contributed by atoms with Crippen LogP contribution in [0.5, 0.6) is 0 Å². The Bertz CT molecular complexity index is 911. The maximum absolute atomic E-state index is 12.9. The van der Waals surface area contributed by atoms with Gasteiger partial charge in [0.1, 0.15) is 0 Å². The van der Waals surface area contributed by atoms with Crippen LogP contribution >= 0.6 is 11.3 Å². The van der Waals surface area contributed by atoms with Crippen LogP contribution in [-0.4, -0.2) is 23.8 Å². The summed E-state index contributed by atoms with van der Waals surface area (Å²) in [5.41, 5.74) is 8.49. The Balaban J connectivity index is 1.78. The van der Waals surface area contributed by atoms with Crippen molar-refractivity contribution in [2.45, 2.75) is 43.6 Å². The smallest absolute Gasteiger partial charge is 0.262 e. The lowest BCUT2D eigenvalue weighted by Crippen LogP contribution is -2.56. The molecule has 4 rings (SSSR count). The molecule has 5 heteroatoms. The van der Waals surface area contributed by atoms with Gasteiger partial charge in [-0.3, -0.25) is 9.59 Å². The molecule has 1 aliphatic heterocycles. The van der Waals surface area contributed by atoms with Crippen LogP contribution in [0.4, 0.5) is 0 Å². The molecular weight excluding hydrogens is 356 g/mol. The van der Waals surface area contributed by atoms with Gasteiger partial charge in [-0.15, -0.1) is 11.3 Å². The SMILES string of the molecule is CCC(CN)c1ccc(C2C(=O)C=CC3(C)NC(=O)c4sccc4C23)cc1. The van der Waals surface area contributed by atoms with Crippen LogP contribution < -0.4 is 11.1 Å². The van der Waals surface area contributed by atoms with Crippen molar-refractivity contribution in [2.24, 2.45) is 5.73 Å². The van der Waals surface area contributed by atoms with Crippen molar-refractivity contribution in [3.8, 4) is 0 Å². The van der Waals surface area contributed by atoms with Crippen molar-refractivity contribution in [2.75, 3.05) is 6.54 Å². The number of hydrogen-bond donors (Lipinski definition) is 2. The maximum Gasteiger partial charge on any atom is 0.262 e. The van der Waals surface area contributed by atoms with Gasteiger partial charge in [0.05, 0.1) is 16.3 Å². The van der Waals surface area contributed by atoms with Crippen LogP contribution in [0, 0.1) is 0 Å². The number of allylic oxidation sites excluding steroid dienone is 1. The summed E-state index contributed by atoms with van der Waals surface area (Å²) in [6.45, 7) is 4.75. The van der Waals surface area contributed by atoms with Gasteiger partial charge in [0.2, 0.25) is 0 Å². The first-order chi connectivity index (χ1) is 13.0. The van der Waals surface area contributed by atoms with E-state index in [9.17, 15) is 9.59 Å². The summed E-state index contributed by atoms with van der Waals surface area (Å²) in [4.78, 5) is 26.1. The number of fused-ring (bicyclic) bond motifs is 3. The van der Waals surface area contributed by atoms with Crippen LogP contribution in [0.2, 0.25) is 0 Å². The van der Waals surface area contributed by atoms with E-state index in [1.165, 1.54) is 16.9 Å². The lowest BCUT2D eigenvalue weighted by Gasteiger charge is -2.45. The number of benzene rings is 1. The fourth-order valence-electron chi connectivity index (χ4n) is 4.52. The van der Waals surface area contributed by atoms with Gasteiger partial charge in [-0.1, -0.05) is 37.3 Å². The van der Waals surface area contributed by atoms with Gasteiger partial charge in [-0.25, -0.2) is 0 Å². The molecule has 1 aliphatic carbocycles. The fraction of sp³-hybridized carbons (Fsp3) is 0.364. The molecule has 4 unspecified atom stereocenters. The molecule has 0 spiro atoms. The molecule has 140 valence electrons. The van der Waals surface area contributed by atoms with E-state index in [0.717, 1.165) is 22.4 Å². The summed E-state index contributed by atoms with van der Waals surface area (Å²) < 4.78 is 0. The number of carbonyl (C=O) groups excluding carboxylic acids is 2. The third-order valence-corrected chi connectivity index (χ3v) is 6.97. The highest BCUT2D eigenvalue weighted by atomic mass is 32.1. The van der Waals surface area contributed by atoms with E-state index in [1.54, 1.807) is 6.08 Å². The minimum atomic E-state index is -0.564. The molecule has 3 N–H and O–H groups in total. The van der Waals surface area contributed by atoms with Crippen LogP contribution in [0.15, 0.2) is 47.9 Å². The van der Waals surface area contributed by atoms with Gasteiger partial charge >= 0.3 is 0 Å². The van der Waals surface area contributed by atoms with Crippen LogP contribution in [-0.2, 0) is 4.79 Å². The highest BCUT2D eigenvalue weighted by molar-refractivity contribution is 7.12. The zero-order chi connectivity index (χ0) is 19.2. The van der Waals surface area contributed by atoms with Crippen molar-refractivity contribution in [3.05, 3.63) is 69.4 Å². The summed E-state index contributed by atoms with van der Waals surface area (Å²) in [6, 6.07) is 10.3. The first-order valence-corrected chi connectivity index (χ1v) is 10.3. The molecule has 0 saturated heterocycles. The number of nitrogens with two attached hydrogens (primary N) is 1. The van der Waals surface area contributed by atoms with Gasteiger partial charge in [0.15, 0.2) is 5.78 Å². The van der Waals surface area contributed by atoms with Gasteiger partial charge in [-0.05, 0) is 60.0 Å². The molecular formula is C22H24N2O2S. The van der Waals surface area contributed by atoms with Crippen LogP contribution in [0.3, 0.4) is 0 Å².